The van der Waals surface area contributed by atoms with Crippen LogP contribution in [0.15, 0.2) is 48.5 Å². The van der Waals surface area contributed by atoms with Crippen molar-refractivity contribution in [3.8, 4) is 0 Å². The van der Waals surface area contributed by atoms with Crippen LogP contribution in [0.25, 0.3) is 0 Å². The van der Waals surface area contributed by atoms with Gasteiger partial charge in [-0.1, -0.05) is 30.3 Å². The monoisotopic (exact) mass is 326 g/mol. The minimum absolute atomic E-state index is 0.107. The van der Waals surface area contributed by atoms with E-state index in [2.05, 4.69) is 5.32 Å². The molecule has 5 nitrogen and oxygen atoms in total. The van der Waals surface area contributed by atoms with E-state index >= 15 is 0 Å². The molecule has 126 valence electrons. The van der Waals surface area contributed by atoms with Crippen LogP contribution < -0.4 is 5.32 Å². The molecule has 2 aromatic carbocycles. The summed E-state index contributed by atoms with van der Waals surface area (Å²) in [5.41, 5.74) is 2.60. The van der Waals surface area contributed by atoms with Gasteiger partial charge in [0.05, 0.1) is 6.10 Å². The Bertz CT molecular complexity index is 741. The Morgan fingerprint density at radius 1 is 1.08 bits per heavy atom. The Hall–Kier alpha value is -2.66. The van der Waals surface area contributed by atoms with Crippen molar-refractivity contribution in [2.24, 2.45) is 0 Å². The summed E-state index contributed by atoms with van der Waals surface area (Å²) in [6.07, 6.45) is -0.776. The van der Waals surface area contributed by atoms with Crippen LogP contribution >= 0.6 is 0 Å². The van der Waals surface area contributed by atoms with Crippen LogP contribution in [0.3, 0.4) is 0 Å². The van der Waals surface area contributed by atoms with Crippen molar-refractivity contribution in [1.29, 1.82) is 0 Å². The fraction of sp³-hybridized carbons (Fsp3) is 0.263. The Kier molecular flexibility index (Phi) is 5.71. The summed E-state index contributed by atoms with van der Waals surface area (Å²) in [7, 11) is 3.32. The van der Waals surface area contributed by atoms with E-state index in [9.17, 15) is 14.7 Å². The fourth-order valence-electron chi connectivity index (χ4n) is 2.41. The third kappa shape index (κ3) is 4.20. The quantitative estimate of drug-likeness (QED) is 0.884. The largest absolute Gasteiger partial charge is 0.387 e. The number of aryl methyl sites for hydroxylation is 1. The number of benzene rings is 2. The molecule has 2 N–H and O–H groups in total. The number of hydrogen-bond donors (Lipinski definition) is 2. The second kappa shape index (κ2) is 7.75. The lowest BCUT2D eigenvalue weighted by atomic mass is 10.0. The molecule has 0 saturated heterocycles. The number of nitrogens with one attached hydrogen (secondary N) is 1. The first-order valence-corrected chi connectivity index (χ1v) is 7.73. The number of aliphatic hydroxyl groups excluding tert-OH is 1. The van der Waals surface area contributed by atoms with Crippen molar-refractivity contribution in [3.63, 3.8) is 0 Å². The van der Waals surface area contributed by atoms with Crippen LogP contribution in [-0.2, 0) is 0 Å². The maximum Gasteiger partial charge on any atom is 0.253 e. The first-order valence-electron chi connectivity index (χ1n) is 7.73. The Labute approximate surface area is 141 Å². The Balaban J connectivity index is 2.04. The number of hydrogen-bond acceptors (Lipinski definition) is 3. The summed E-state index contributed by atoms with van der Waals surface area (Å²) in [6, 6.07) is 14.0. The average Bonchev–Trinajstić information content (AvgIpc) is 2.59. The van der Waals surface area contributed by atoms with Crippen molar-refractivity contribution in [1.82, 2.24) is 10.2 Å². The Morgan fingerprint density at radius 2 is 1.75 bits per heavy atom. The van der Waals surface area contributed by atoms with Crippen LogP contribution in [0.2, 0.25) is 0 Å². The van der Waals surface area contributed by atoms with Gasteiger partial charge in [-0.2, -0.15) is 0 Å². The molecule has 1 atom stereocenters. The smallest absolute Gasteiger partial charge is 0.253 e. The summed E-state index contributed by atoms with van der Waals surface area (Å²) in [5, 5.41) is 12.9. The molecule has 0 saturated carbocycles. The molecule has 0 aliphatic rings. The summed E-state index contributed by atoms with van der Waals surface area (Å²) in [6.45, 7) is 2.02. The molecule has 24 heavy (non-hydrogen) atoms. The lowest BCUT2D eigenvalue weighted by Crippen LogP contribution is -2.29. The molecule has 0 fully saturated rings. The molecule has 2 aromatic rings. The van der Waals surface area contributed by atoms with Gasteiger partial charge >= 0.3 is 0 Å². The van der Waals surface area contributed by atoms with E-state index in [4.69, 9.17) is 0 Å². The SMILES string of the molecule is Cc1ccccc1C(O)CNC(=O)c1cccc(C(=O)N(C)C)c1. The highest BCUT2D eigenvalue weighted by Gasteiger charge is 2.14. The molecule has 0 aliphatic carbocycles. The van der Waals surface area contributed by atoms with E-state index in [1.54, 1.807) is 38.4 Å². The van der Waals surface area contributed by atoms with E-state index in [-0.39, 0.29) is 18.4 Å². The standard InChI is InChI=1S/C19H22N2O3/c1-13-7-4-5-10-16(13)17(22)12-20-18(23)14-8-6-9-15(11-14)19(24)21(2)3/h4-11,17,22H,12H2,1-3H3,(H,20,23). The summed E-state index contributed by atoms with van der Waals surface area (Å²) in [5.74, 6) is -0.486. The molecule has 0 bridgehead atoms. The van der Waals surface area contributed by atoms with Crippen LogP contribution in [0.5, 0.6) is 0 Å². The lowest BCUT2D eigenvalue weighted by Gasteiger charge is -2.15. The lowest BCUT2D eigenvalue weighted by molar-refractivity contribution is 0.0827. The molecule has 0 aromatic heterocycles. The first-order chi connectivity index (χ1) is 11.4. The van der Waals surface area contributed by atoms with Crippen molar-refractivity contribution >= 4 is 11.8 Å². The van der Waals surface area contributed by atoms with Gasteiger partial charge in [-0.25, -0.2) is 0 Å². The second-order valence-corrected chi connectivity index (χ2v) is 5.86. The van der Waals surface area contributed by atoms with E-state index < -0.39 is 6.10 Å². The van der Waals surface area contributed by atoms with Gasteiger partial charge in [-0.05, 0) is 36.2 Å². The van der Waals surface area contributed by atoms with Gasteiger partial charge in [-0.3, -0.25) is 9.59 Å². The van der Waals surface area contributed by atoms with Crippen molar-refractivity contribution in [3.05, 3.63) is 70.8 Å². The number of aliphatic hydroxyl groups is 1. The van der Waals surface area contributed by atoms with E-state index in [0.29, 0.717) is 11.1 Å². The predicted octanol–water partition coefficient (Wildman–Crippen LogP) is 2.16. The summed E-state index contributed by atoms with van der Waals surface area (Å²) >= 11 is 0. The van der Waals surface area contributed by atoms with Gasteiger partial charge in [0.25, 0.3) is 11.8 Å². The van der Waals surface area contributed by atoms with Gasteiger partial charge in [0.2, 0.25) is 0 Å². The van der Waals surface area contributed by atoms with Gasteiger partial charge in [0, 0.05) is 31.8 Å². The first kappa shape index (κ1) is 17.7. The zero-order chi connectivity index (χ0) is 17.7. The number of carbonyl (C=O) groups excluding carboxylic acids is 2. The number of nitrogens with zero attached hydrogens (tertiary/aromatic N) is 1. The Morgan fingerprint density at radius 3 is 2.42 bits per heavy atom. The van der Waals surface area contributed by atoms with Crippen molar-refractivity contribution in [2.75, 3.05) is 20.6 Å². The molecule has 5 heteroatoms. The second-order valence-electron chi connectivity index (χ2n) is 5.86. The predicted molar refractivity (Wildman–Crippen MR) is 92.9 cm³/mol. The normalized spacial score (nSPS) is 11.7. The molecule has 0 heterocycles. The van der Waals surface area contributed by atoms with Gasteiger partial charge in [-0.15, -0.1) is 0 Å². The van der Waals surface area contributed by atoms with Gasteiger partial charge < -0.3 is 15.3 Å². The van der Waals surface area contributed by atoms with E-state index in [1.807, 2.05) is 31.2 Å². The zero-order valence-corrected chi connectivity index (χ0v) is 14.1. The minimum Gasteiger partial charge on any atom is -0.387 e. The van der Waals surface area contributed by atoms with Crippen LogP contribution in [0.1, 0.15) is 37.9 Å². The van der Waals surface area contributed by atoms with Crippen molar-refractivity contribution < 1.29 is 14.7 Å². The van der Waals surface area contributed by atoms with E-state index in [1.165, 1.54) is 4.90 Å². The fourth-order valence-corrected chi connectivity index (χ4v) is 2.41. The average molecular weight is 326 g/mol. The summed E-state index contributed by atoms with van der Waals surface area (Å²) < 4.78 is 0. The van der Waals surface area contributed by atoms with E-state index in [0.717, 1.165) is 11.1 Å². The molecular formula is C19H22N2O3. The molecule has 0 aliphatic heterocycles. The molecule has 2 rings (SSSR count). The molecule has 0 spiro atoms. The molecule has 1 unspecified atom stereocenters. The third-order valence-corrected chi connectivity index (χ3v) is 3.78. The van der Waals surface area contributed by atoms with Gasteiger partial charge in [0.1, 0.15) is 0 Å². The van der Waals surface area contributed by atoms with Crippen LogP contribution in [-0.4, -0.2) is 42.5 Å². The number of rotatable bonds is 5. The van der Waals surface area contributed by atoms with Crippen molar-refractivity contribution in [2.45, 2.75) is 13.0 Å². The highest BCUT2D eigenvalue weighted by Crippen LogP contribution is 2.16. The minimum atomic E-state index is -0.776. The highest BCUT2D eigenvalue weighted by molar-refractivity contribution is 5.99. The molecular weight excluding hydrogens is 304 g/mol. The number of amides is 2. The molecule has 2 amide bonds. The maximum atomic E-state index is 12.3. The topological polar surface area (TPSA) is 69.6 Å². The zero-order valence-electron chi connectivity index (χ0n) is 14.1. The molecule has 0 radical (unpaired) electrons. The highest BCUT2D eigenvalue weighted by atomic mass is 16.3. The summed E-state index contributed by atoms with van der Waals surface area (Å²) in [4.78, 5) is 25.7. The van der Waals surface area contributed by atoms with Crippen LogP contribution in [0.4, 0.5) is 0 Å². The van der Waals surface area contributed by atoms with Gasteiger partial charge in [0.15, 0.2) is 0 Å². The maximum absolute atomic E-state index is 12.3. The third-order valence-electron chi connectivity index (χ3n) is 3.78. The van der Waals surface area contributed by atoms with Crippen LogP contribution in [0, 0.1) is 6.92 Å². The number of carbonyl (C=O) groups is 2.